The zero-order valence-electron chi connectivity index (χ0n) is 8.72. The maximum Gasteiger partial charge on any atom is 0.324 e. The molecule has 1 amide bonds. The fraction of sp³-hybridized carbons (Fsp3) is 0.375. The van der Waals surface area contributed by atoms with E-state index in [-0.39, 0.29) is 24.4 Å². The van der Waals surface area contributed by atoms with E-state index in [2.05, 4.69) is 20.3 Å². The highest BCUT2D eigenvalue weighted by Gasteiger charge is 2.09. The van der Waals surface area contributed by atoms with Gasteiger partial charge in [0.15, 0.2) is 0 Å². The first-order valence-electron chi connectivity index (χ1n) is 4.20. The molecule has 0 unspecified atom stereocenters. The SMILES string of the molecule is COc1nc(NC(=O)CC#N)nc(OC)n1. The monoisotopic (exact) mass is 223 g/mol. The highest BCUT2D eigenvalue weighted by molar-refractivity contribution is 5.90. The molecule has 0 aliphatic rings. The van der Waals surface area contributed by atoms with Gasteiger partial charge in [0.05, 0.1) is 20.3 Å². The van der Waals surface area contributed by atoms with Gasteiger partial charge in [-0.3, -0.25) is 10.1 Å². The van der Waals surface area contributed by atoms with Crippen LogP contribution < -0.4 is 14.8 Å². The van der Waals surface area contributed by atoms with Gasteiger partial charge in [0.1, 0.15) is 6.42 Å². The zero-order valence-corrected chi connectivity index (χ0v) is 8.72. The van der Waals surface area contributed by atoms with E-state index in [0.717, 1.165) is 0 Å². The Labute approximate surface area is 91.2 Å². The predicted octanol–water partition coefficient (Wildman–Crippen LogP) is -0.259. The van der Waals surface area contributed by atoms with Crippen LogP contribution in [0.25, 0.3) is 0 Å². The lowest BCUT2D eigenvalue weighted by Crippen LogP contribution is -2.14. The van der Waals surface area contributed by atoms with Crippen molar-refractivity contribution in [2.24, 2.45) is 0 Å². The van der Waals surface area contributed by atoms with E-state index < -0.39 is 5.91 Å². The first kappa shape index (κ1) is 11.6. The van der Waals surface area contributed by atoms with Gasteiger partial charge in [0.2, 0.25) is 11.9 Å². The Bertz CT molecular complexity index is 406. The molecule has 1 aromatic rings. The van der Waals surface area contributed by atoms with Crippen molar-refractivity contribution in [2.75, 3.05) is 19.5 Å². The molecule has 0 aromatic carbocycles. The Morgan fingerprint density at radius 2 is 1.88 bits per heavy atom. The largest absolute Gasteiger partial charge is 0.467 e. The number of aromatic nitrogens is 3. The molecule has 8 heteroatoms. The maximum atomic E-state index is 11.1. The number of nitriles is 1. The van der Waals surface area contributed by atoms with Crippen LogP contribution in [0.15, 0.2) is 0 Å². The van der Waals surface area contributed by atoms with E-state index in [1.165, 1.54) is 14.2 Å². The molecule has 0 radical (unpaired) electrons. The third-order valence-corrected chi connectivity index (χ3v) is 1.45. The molecular formula is C8H9N5O3. The fourth-order valence-electron chi connectivity index (χ4n) is 0.817. The molecule has 0 spiro atoms. The van der Waals surface area contributed by atoms with Crippen molar-refractivity contribution >= 4 is 11.9 Å². The van der Waals surface area contributed by atoms with Crippen LogP contribution in [0.4, 0.5) is 5.95 Å². The average molecular weight is 223 g/mol. The van der Waals surface area contributed by atoms with Gasteiger partial charge in [-0.2, -0.15) is 15.2 Å². The molecule has 0 atom stereocenters. The lowest BCUT2D eigenvalue weighted by atomic mass is 10.4. The van der Waals surface area contributed by atoms with Crippen LogP contribution in [0.2, 0.25) is 0 Å². The molecule has 1 rings (SSSR count). The Morgan fingerprint density at radius 3 is 2.31 bits per heavy atom. The van der Waals surface area contributed by atoms with Crippen LogP contribution in [-0.4, -0.2) is 35.1 Å². The number of nitrogens with one attached hydrogen (secondary N) is 1. The van der Waals surface area contributed by atoms with Crippen molar-refractivity contribution < 1.29 is 14.3 Å². The van der Waals surface area contributed by atoms with E-state index >= 15 is 0 Å². The third kappa shape index (κ3) is 3.06. The second-order valence-electron chi connectivity index (χ2n) is 2.52. The molecule has 0 bridgehead atoms. The Hall–Kier alpha value is -2.43. The van der Waals surface area contributed by atoms with Crippen molar-refractivity contribution in [3.63, 3.8) is 0 Å². The smallest absolute Gasteiger partial charge is 0.324 e. The normalized spacial score (nSPS) is 9.06. The molecule has 0 saturated heterocycles. The van der Waals surface area contributed by atoms with Crippen LogP contribution in [0, 0.1) is 11.3 Å². The van der Waals surface area contributed by atoms with E-state index in [1.54, 1.807) is 6.07 Å². The van der Waals surface area contributed by atoms with E-state index in [0.29, 0.717) is 0 Å². The minimum atomic E-state index is -0.516. The number of amides is 1. The molecular weight excluding hydrogens is 214 g/mol. The lowest BCUT2D eigenvalue weighted by Gasteiger charge is -2.04. The van der Waals surface area contributed by atoms with Crippen LogP contribution in [-0.2, 0) is 4.79 Å². The number of anilines is 1. The summed E-state index contributed by atoms with van der Waals surface area (Å²) in [5.74, 6) is -0.540. The number of hydrogen-bond donors (Lipinski definition) is 1. The molecule has 1 N–H and O–H groups in total. The predicted molar refractivity (Wildman–Crippen MR) is 51.8 cm³/mol. The van der Waals surface area contributed by atoms with E-state index in [4.69, 9.17) is 14.7 Å². The van der Waals surface area contributed by atoms with Gasteiger partial charge in [0.25, 0.3) is 0 Å². The molecule has 1 aromatic heterocycles. The highest BCUT2D eigenvalue weighted by atomic mass is 16.5. The number of hydrogen-bond acceptors (Lipinski definition) is 7. The highest BCUT2D eigenvalue weighted by Crippen LogP contribution is 2.11. The quantitative estimate of drug-likeness (QED) is 0.748. The third-order valence-electron chi connectivity index (χ3n) is 1.45. The summed E-state index contributed by atoms with van der Waals surface area (Å²) >= 11 is 0. The van der Waals surface area contributed by atoms with Crippen molar-refractivity contribution in [3.8, 4) is 18.1 Å². The topological polar surface area (TPSA) is 110 Å². The van der Waals surface area contributed by atoms with E-state index in [1.807, 2.05) is 0 Å². The first-order chi connectivity index (χ1) is 7.69. The van der Waals surface area contributed by atoms with Gasteiger partial charge in [-0.25, -0.2) is 0 Å². The summed E-state index contributed by atoms with van der Waals surface area (Å²) in [6, 6.07) is 1.73. The maximum absolute atomic E-state index is 11.1. The van der Waals surface area contributed by atoms with Crippen LogP contribution in [0.3, 0.4) is 0 Å². The Balaban J connectivity index is 2.87. The number of carbonyl (C=O) groups is 1. The van der Waals surface area contributed by atoms with Crippen molar-refractivity contribution in [2.45, 2.75) is 6.42 Å². The summed E-state index contributed by atoms with van der Waals surface area (Å²) in [4.78, 5) is 22.3. The summed E-state index contributed by atoms with van der Waals surface area (Å²) in [7, 11) is 2.74. The molecule has 0 aliphatic heterocycles. The second kappa shape index (κ2) is 5.45. The van der Waals surface area contributed by atoms with Gasteiger partial charge >= 0.3 is 12.0 Å². The molecule has 0 saturated carbocycles. The fourth-order valence-corrected chi connectivity index (χ4v) is 0.817. The van der Waals surface area contributed by atoms with Gasteiger partial charge in [-0.1, -0.05) is 0 Å². The molecule has 0 aliphatic carbocycles. The molecule has 1 heterocycles. The minimum Gasteiger partial charge on any atom is -0.467 e. The Kier molecular flexibility index (Phi) is 3.97. The number of rotatable bonds is 4. The van der Waals surface area contributed by atoms with Gasteiger partial charge in [-0.05, 0) is 0 Å². The second-order valence-corrected chi connectivity index (χ2v) is 2.52. The molecule has 84 valence electrons. The van der Waals surface area contributed by atoms with Crippen molar-refractivity contribution in [1.82, 2.24) is 15.0 Å². The number of methoxy groups -OCH3 is 2. The van der Waals surface area contributed by atoms with Crippen molar-refractivity contribution in [1.29, 1.82) is 5.26 Å². The minimum absolute atomic E-state index is 0.0131. The van der Waals surface area contributed by atoms with Crippen molar-refractivity contribution in [3.05, 3.63) is 0 Å². The number of carbonyl (C=O) groups excluding carboxylic acids is 1. The Morgan fingerprint density at radius 1 is 1.31 bits per heavy atom. The van der Waals surface area contributed by atoms with Crippen LogP contribution >= 0.6 is 0 Å². The van der Waals surface area contributed by atoms with Crippen LogP contribution in [0.5, 0.6) is 12.0 Å². The summed E-state index contributed by atoms with van der Waals surface area (Å²) in [6.45, 7) is 0. The summed E-state index contributed by atoms with van der Waals surface area (Å²) in [6.07, 6.45) is -0.281. The summed E-state index contributed by atoms with van der Waals surface area (Å²) < 4.78 is 9.56. The van der Waals surface area contributed by atoms with Crippen LogP contribution in [0.1, 0.15) is 6.42 Å². The lowest BCUT2D eigenvalue weighted by molar-refractivity contribution is -0.115. The molecule has 16 heavy (non-hydrogen) atoms. The van der Waals surface area contributed by atoms with Gasteiger partial charge in [0, 0.05) is 0 Å². The van der Waals surface area contributed by atoms with E-state index in [9.17, 15) is 4.79 Å². The molecule has 0 fully saturated rings. The number of nitrogens with zero attached hydrogens (tertiary/aromatic N) is 4. The van der Waals surface area contributed by atoms with Gasteiger partial charge < -0.3 is 9.47 Å². The standard InChI is InChI=1S/C8H9N5O3/c1-15-7-11-6(10-5(14)3-4-9)12-8(13-7)16-2/h3H2,1-2H3,(H,10,11,12,13,14). The number of ether oxygens (including phenoxy) is 2. The summed E-state index contributed by atoms with van der Waals surface area (Å²) in [5, 5.41) is 10.6. The molecule has 8 nitrogen and oxygen atoms in total. The first-order valence-corrected chi connectivity index (χ1v) is 4.20. The zero-order chi connectivity index (χ0) is 12.0. The average Bonchev–Trinajstić information content (AvgIpc) is 2.28. The van der Waals surface area contributed by atoms with Gasteiger partial charge in [-0.15, -0.1) is 4.98 Å². The summed E-state index contributed by atoms with van der Waals surface area (Å²) in [5.41, 5.74) is 0.